The molecule has 0 aliphatic carbocycles. The molecule has 344 valence electrons. The highest BCUT2D eigenvalue weighted by atomic mass is 19.1. The van der Waals surface area contributed by atoms with Gasteiger partial charge in [-0.3, -0.25) is 14.4 Å². The predicted octanol–water partition coefficient (Wildman–Crippen LogP) is 11.3. The summed E-state index contributed by atoms with van der Waals surface area (Å²) in [5.41, 5.74) is 6.61. The van der Waals surface area contributed by atoms with Crippen LogP contribution in [0.15, 0.2) is 127 Å². The van der Waals surface area contributed by atoms with Crippen LogP contribution in [-0.2, 0) is 47.7 Å². The first-order valence-electron chi connectivity index (χ1n) is 21.0. The lowest BCUT2D eigenvalue weighted by molar-refractivity contribution is -0.147. The van der Waals surface area contributed by atoms with Crippen molar-refractivity contribution in [1.82, 2.24) is 9.13 Å². The Kier molecular flexibility index (Phi) is 16.7. The van der Waals surface area contributed by atoms with E-state index >= 15 is 0 Å². The van der Waals surface area contributed by atoms with Crippen LogP contribution in [0, 0.1) is 11.6 Å². The number of benzene rings is 4. The lowest BCUT2D eigenvalue weighted by atomic mass is 9.97. The van der Waals surface area contributed by atoms with Crippen molar-refractivity contribution in [2.75, 3.05) is 14.2 Å². The lowest BCUT2D eigenvalue weighted by Gasteiger charge is -2.24. The van der Waals surface area contributed by atoms with Crippen LogP contribution in [0.5, 0.6) is 0 Å². The molecule has 2 aromatic heterocycles. The van der Waals surface area contributed by atoms with Crippen LogP contribution >= 0.6 is 0 Å². The van der Waals surface area contributed by atoms with Crippen LogP contribution < -0.4 is 0 Å². The third-order valence-corrected chi connectivity index (χ3v) is 10.1. The van der Waals surface area contributed by atoms with Gasteiger partial charge in [0.05, 0.1) is 37.8 Å². The molecule has 0 fully saturated rings. The second-order valence-corrected chi connectivity index (χ2v) is 15.5. The van der Waals surface area contributed by atoms with Crippen molar-refractivity contribution < 1.29 is 56.4 Å². The van der Waals surface area contributed by atoms with Gasteiger partial charge in [0.2, 0.25) is 0 Å². The summed E-state index contributed by atoms with van der Waals surface area (Å²) in [5.74, 6) is -3.74. The van der Waals surface area contributed by atoms with Crippen LogP contribution in [0.4, 0.5) is 8.78 Å². The van der Waals surface area contributed by atoms with E-state index in [0.29, 0.717) is 5.69 Å². The van der Waals surface area contributed by atoms with E-state index in [1.807, 2.05) is 66.9 Å². The highest BCUT2D eigenvalue weighted by Crippen LogP contribution is 2.43. The molecule has 6 aromatic rings. The minimum absolute atomic E-state index is 0.0128. The van der Waals surface area contributed by atoms with E-state index in [2.05, 4.69) is 27.9 Å². The number of esters is 5. The summed E-state index contributed by atoms with van der Waals surface area (Å²) in [7, 11) is 2.45. The van der Waals surface area contributed by atoms with E-state index in [0.717, 1.165) is 61.9 Å². The molecule has 12 nitrogen and oxygen atoms in total. The third kappa shape index (κ3) is 12.1. The van der Waals surface area contributed by atoms with Crippen molar-refractivity contribution in [3.63, 3.8) is 0 Å². The number of allylic oxidation sites excluding steroid dienone is 1. The number of carbonyl (C=O) groups excluding carboxylic acids is 5. The fraction of sp³-hybridized carbons (Fsp3) is 0.250. The third-order valence-electron chi connectivity index (χ3n) is 10.1. The van der Waals surface area contributed by atoms with E-state index in [9.17, 15) is 32.8 Å². The number of halogens is 2. The first-order chi connectivity index (χ1) is 31.4. The number of fused-ring (bicyclic) bond motifs is 2. The van der Waals surface area contributed by atoms with Gasteiger partial charge in [-0.15, -0.1) is 0 Å². The first kappa shape index (κ1) is 49.4. The van der Waals surface area contributed by atoms with Crippen LogP contribution in [0.1, 0.15) is 84.5 Å². The summed E-state index contributed by atoms with van der Waals surface area (Å²) >= 11 is 0. The zero-order chi connectivity index (χ0) is 48.2. The van der Waals surface area contributed by atoms with Gasteiger partial charge < -0.3 is 32.8 Å². The second kappa shape index (κ2) is 22.3. The monoisotopic (exact) mass is 902 g/mol. The van der Waals surface area contributed by atoms with E-state index in [1.54, 1.807) is 36.4 Å². The highest BCUT2D eigenvalue weighted by molar-refractivity contribution is 6.01. The molecular weight excluding hydrogens is 851 g/mol. The smallest absolute Gasteiger partial charge is 0.334 e. The Balaban J connectivity index is 0.000000249. The van der Waals surface area contributed by atoms with Crippen molar-refractivity contribution >= 4 is 57.7 Å². The molecule has 4 aromatic carbocycles. The molecule has 2 heterocycles. The van der Waals surface area contributed by atoms with Gasteiger partial charge in [-0.1, -0.05) is 60.7 Å². The summed E-state index contributed by atoms with van der Waals surface area (Å²) in [4.78, 5) is 59.0. The fourth-order valence-electron chi connectivity index (χ4n) is 7.69. The van der Waals surface area contributed by atoms with Crippen molar-refractivity contribution in [2.24, 2.45) is 0 Å². The zero-order valence-corrected chi connectivity index (χ0v) is 38.2. The van der Waals surface area contributed by atoms with E-state index in [-0.39, 0.29) is 41.7 Å². The van der Waals surface area contributed by atoms with Gasteiger partial charge in [0.15, 0.2) is 0 Å². The van der Waals surface area contributed by atoms with Crippen LogP contribution in [-0.4, -0.2) is 53.2 Å². The van der Waals surface area contributed by atoms with Crippen molar-refractivity contribution in [3.05, 3.63) is 150 Å². The molecule has 66 heavy (non-hydrogen) atoms. The van der Waals surface area contributed by atoms with Gasteiger partial charge in [0, 0.05) is 72.2 Å². The topological polar surface area (TPSA) is 141 Å². The van der Waals surface area contributed by atoms with Crippen molar-refractivity contribution in [2.45, 2.75) is 73.1 Å². The van der Waals surface area contributed by atoms with Crippen LogP contribution in [0.2, 0.25) is 0 Å². The Morgan fingerprint density at radius 1 is 0.591 bits per heavy atom. The molecular formula is C52H52F2N2O10. The Bertz CT molecular complexity index is 2830. The molecule has 0 radical (unpaired) electrons. The summed E-state index contributed by atoms with van der Waals surface area (Å²) in [6, 6.07) is 28.1. The summed E-state index contributed by atoms with van der Waals surface area (Å²) in [6.07, 6.45) is 4.47. The molecule has 0 saturated heterocycles. The number of aromatic nitrogens is 2. The fourth-order valence-corrected chi connectivity index (χ4v) is 7.69. The maximum atomic E-state index is 13.8. The summed E-state index contributed by atoms with van der Waals surface area (Å²) in [5, 5.41) is 1.89. The normalized spacial score (nSPS) is 12.3. The quantitative estimate of drug-likeness (QED) is 0.0341. The number of hydrogen-bond donors (Lipinski definition) is 0. The van der Waals surface area contributed by atoms with Crippen molar-refractivity contribution in [3.8, 4) is 22.3 Å². The van der Waals surface area contributed by atoms with Gasteiger partial charge in [-0.25, -0.2) is 18.4 Å². The Morgan fingerprint density at radius 3 is 1.55 bits per heavy atom. The highest BCUT2D eigenvalue weighted by Gasteiger charge is 2.30. The van der Waals surface area contributed by atoms with E-state index < -0.39 is 36.0 Å². The van der Waals surface area contributed by atoms with Crippen LogP contribution in [0.25, 0.3) is 50.1 Å². The molecule has 1 atom stereocenters. The average Bonchev–Trinajstić information content (AvgIpc) is 3.79. The Labute approximate surface area is 381 Å². The number of carbonyl (C=O) groups is 5. The summed E-state index contributed by atoms with van der Waals surface area (Å²) in [6.45, 7) is 11.9. The molecule has 0 N–H and O–H groups in total. The van der Waals surface area contributed by atoms with Gasteiger partial charge in [-0.05, 0) is 87.4 Å². The van der Waals surface area contributed by atoms with Gasteiger partial charge >= 0.3 is 29.8 Å². The molecule has 0 spiro atoms. The van der Waals surface area contributed by atoms with Gasteiger partial charge in [0.25, 0.3) is 0 Å². The van der Waals surface area contributed by atoms with Gasteiger partial charge in [-0.2, -0.15) is 0 Å². The van der Waals surface area contributed by atoms with Crippen molar-refractivity contribution in [1.29, 1.82) is 0 Å². The summed E-state index contributed by atoms with van der Waals surface area (Å²) < 4.78 is 57.0. The molecule has 1 unspecified atom stereocenters. The number of para-hydroxylation sites is 2. The van der Waals surface area contributed by atoms with E-state index in [4.69, 9.17) is 14.2 Å². The Hall–Kier alpha value is -7.61. The molecule has 0 bridgehead atoms. The SMILES string of the molecule is COC(=O)/C=C(/C=C/c1c(-c2ccc(F)cc2)c2ccccc2n1C(C)C)OC(C)=O.COC(=O)/C=C(/CC(OC(C)=O)c1c(-c2ccc(F)cc2)c2ccccc2n1C(C)C)OC(C)=O. The number of hydrogen-bond acceptors (Lipinski definition) is 10. The Morgan fingerprint density at radius 2 is 1.06 bits per heavy atom. The number of rotatable bonds is 14. The number of methoxy groups -OCH3 is 2. The lowest BCUT2D eigenvalue weighted by Crippen LogP contribution is -2.18. The molecule has 0 amide bonds. The number of nitrogens with zero attached hydrogens (tertiary/aromatic N) is 2. The van der Waals surface area contributed by atoms with Crippen LogP contribution in [0.3, 0.4) is 0 Å². The minimum atomic E-state index is -0.933. The zero-order valence-electron chi connectivity index (χ0n) is 38.2. The number of ether oxygens (including phenoxy) is 5. The maximum Gasteiger partial charge on any atom is 0.334 e. The standard InChI is InChI=1S/C27H28FNO6.C25H24FNO4/c1-16(2)29-23-9-7-6-8-22(23)26(19-10-12-20(28)13-11-19)27(29)24(35-18(4)31)14-21(34-17(3)30)15-25(32)33-5;1-16(2)27-22-8-6-5-7-21(22)25(18-9-11-19(26)12-10-18)23(27)14-13-20(31-17(3)28)15-24(29)30-4/h6-13,15-16,24H,14H2,1-5H3;5-16H,1-4H3/b21-15-;14-13+,20-15-. The maximum absolute atomic E-state index is 13.8. The molecule has 0 saturated carbocycles. The largest absolute Gasteiger partial charge is 0.466 e. The van der Waals surface area contributed by atoms with Gasteiger partial charge in [0.1, 0.15) is 29.3 Å². The molecule has 0 aliphatic heterocycles. The predicted molar refractivity (Wildman–Crippen MR) is 247 cm³/mol. The molecule has 6 rings (SSSR count). The second-order valence-electron chi connectivity index (χ2n) is 15.5. The van der Waals surface area contributed by atoms with E-state index in [1.165, 1.54) is 59.3 Å². The average molecular weight is 903 g/mol. The minimum Gasteiger partial charge on any atom is -0.466 e. The first-order valence-corrected chi connectivity index (χ1v) is 21.0. The molecule has 14 heteroatoms. The molecule has 0 aliphatic rings.